The molecule has 6 unspecified atom stereocenters. The molecule has 3 aliphatic rings. The lowest BCUT2D eigenvalue weighted by Gasteiger charge is -2.53. The highest BCUT2D eigenvalue weighted by Gasteiger charge is 2.54. The molecule has 0 spiro atoms. The number of unbranched alkanes of at least 4 members (excludes halogenated alkanes) is 2. The second kappa shape index (κ2) is 6.63. The van der Waals surface area contributed by atoms with E-state index in [4.69, 9.17) is 0 Å². The van der Waals surface area contributed by atoms with Gasteiger partial charge >= 0.3 is 0 Å². The molecule has 0 aromatic carbocycles. The van der Waals surface area contributed by atoms with Crippen molar-refractivity contribution in [3.05, 3.63) is 0 Å². The SMILES string of the molecule is CCCCCC1CCCC2C1CCC1(C)C(CC)CCC21. The van der Waals surface area contributed by atoms with E-state index in [-0.39, 0.29) is 0 Å². The molecular formula is C21H38. The van der Waals surface area contributed by atoms with Gasteiger partial charge in [-0.2, -0.15) is 0 Å². The third-order valence-electron chi connectivity index (χ3n) is 8.08. The highest BCUT2D eigenvalue weighted by molar-refractivity contribution is 5.03. The fourth-order valence-electron chi connectivity index (χ4n) is 6.94. The van der Waals surface area contributed by atoms with Crippen molar-refractivity contribution >= 4 is 0 Å². The van der Waals surface area contributed by atoms with Gasteiger partial charge in [0.05, 0.1) is 0 Å². The summed E-state index contributed by atoms with van der Waals surface area (Å²) in [7, 11) is 0. The van der Waals surface area contributed by atoms with Crippen LogP contribution in [0.1, 0.15) is 97.8 Å². The summed E-state index contributed by atoms with van der Waals surface area (Å²) in [4.78, 5) is 0. The average molecular weight is 291 g/mol. The van der Waals surface area contributed by atoms with Gasteiger partial charge in [0, 0.05) is 0 Å². The van der Waals surface area contributed by atoms with Gasteiger partial charge in [-0.1, -0.05) is 65.7 Å². The molecule has 0 heterocycles. The quantitative estimate of drug-likeness (QED) is 0.486. The predicted octanol–water partition coefficient (Wildman–Crippen LogP) is 6.84. The Bertz CT molecular complexity index is 333. The van der Waals surface area contributed by atoms with Crippen LogP contribution in [0.25, 0.3) is 0 Å². The van der Waals surface area contributed by atoms with Crippen molar-refractivity contribution < 1.29 is 0 Å². The topological polar surface area (TPSA) is 0 Å². The van der Waals surface area contributed by atoms with Crippen LogP contribution in [-0.2, 0) is 0 Å². The van der Waals surface area contributed by atoms with Crippen LogP contribution in [0.4, 0.5) is 0 Å². The molecule has 3 saturated carbocycles. The van der Waals surface area contributed by atoms with Crippen LogP contribution in [0.3, 0.4) is 0 Å². The summed E-state index contributed by atoms with van der Waals surface area (Å²) in [6.45, 7) is 7.47. The smallest absolute Gasteiger partial charge is 0.0266 e. The molecule has 6 atom stereocenters. The van der Waals surface area contributed by atoms with Gasteiger partial charge in [0.15, 0.2) is 0 Å². The van der Waals surface area contributed by atoms with Gasteiger partial charge in [0.2, 0.25) is 0 Å². The monoisotopic (exact) mass is 290 g/mol. The summed E-state index contributed by atoms with van der Waals surface area (Å²) >= 11 is 0. The number of hydrogen-bond donors (Lipinski definition) is 0. The van der Waals surface area contributed by atoms with E-state index in [0.29, 0.717) is 0 Å². The van der Waals surface area contributed by atoms with Gasteiger partial charge in [0.1, 0.15) is 0 Å². The minimum Gasteiger partial charge on any atom is -0.0654 e. The van der Waals surface area contributed by atoms with Gasteiger partial charge in [0.25, 0.3) is 0 Å². The first-order valence-electron chi connectivity index (χ1n) is 10.2. The van der Waals surface area contributed by atoms with Crippen LogP contribution in [-0.4, -0.2) is 0 Å². The van der Waals surface area contributed by atoms with Crippen molar-refractivity contribution in [1.82, 2.24) is 0 Å². The maximum absolute atomic E-state index is 2.68. The van der Waals surface area contributed by atoms with Crippen LogP contribution in [0.15, 0.2) is 0 Å². The van der Waals surface area contributed by atoms with Crippen molar-refractivity contribution in [2.75, 3.05) is 0 Å². The van der Waals surface area contributed by atoms with Crippen molar-refractivity contribution in [1.29, 1.82) is 0 Å². The lowest BCUT2D eigenvalue weighted by Crippen LogP contribution is -2.45. The lowest BCUT2D eigenvalue weighted by molar-refractivity contribution is -0.0354. The van der Waals surface area contributed by atoms with E-state index < -0.39 is 0 Å². The van der Waals surface area contributed by atoms with E-state index in [1.165, 1.54) is 25.7 Å². The molecular weight excluding hydrogens is 252 g/mol. The molecule has 3 aliphatic carbocycles. The Morgan fingerprint density at radius 1 is 0.905 bits per heavy atom. The lowest BCUT2D eigenvalue weighted by atomic mass is 9.52. The zero-order chi connectivity index (χ0) is 14.9. The Kier molecular flexibility index (Phi) is 5.01. The molecule has 0 aromatic heterocycles. The van der Waals surface area contributed by atoms with Gasteiger partial charge in [-0.3, -0.25) is 0 Å². The zero-order valence-electron chi connectivity index (χ0n) is 14.9. The van der Waals surface area contributed by atoms with Crippen LogP contribution >= 0.6 is 0 Å². The first-order chi connectivity index (χ1) is 10.2. The number of rotatable bonds is 5. The van der Waals surface area contributed by atoms with E-state index >= 15 is 0 Å². The maximum atomic E-state index is 2.68. The number of fused-ring (bicyclic) bond motifs is 3. The second-order valence-electron chi connectivity index (χ2n) is 8.85. The largest absolute Gasteiger partial charge is 0.0654 e. The van der Waals surface area contributed by atoms with Crippen molar-refractivity contribution in [3.8, 4) is 0 Å². The Labute approximate surface area is 133 Å². The minimum absolute atomic E-state index is 0.723. The predicted molar refractivity (Wildman–Crippen MR) is 92.3 cm³/mol. The molecule has 0 heteroatoms. The van der Waals surface area contributed by atoms with E-state index in [1.54, 1.807) is 51.4 Å². The normalized spacial score (nSPS) is 46.1. The summed E-state index contributed by atoms with van der Waals surface area (Å²) in [5.41, 5.74) is 0.723. The summed E-state index contributed by atoms with van der Waals surface area (Å²) in [6, 6.07) is 0. The van der Waals surface area contributed by atoms with Gasteiger partial charge < -0.3 is 0 Å². The third-order valence-corrected chi connectivity index (χ3v) is 8.08. The van der Waals surface area contributed by atoms with Crippen LogP contribution in [0, 0.1) is 35.0 Å². The number of hydrogen-bond acceptors (Lipinski definition) is 0. The van der Waals surface area contributed by atoms with E-state index in [2.05, 4.69) is 20.8 Å². The molecule has 3 fully saturated rings. The van der Waals surface area contributed by atoms with E-state index in [0.717, 1.165) is 35.0 Å². The fourth-order valence-corrected chi connectivity index (χ4v) is 6.94. The molecule has 0 nitrogen and oxygen atoms in total. The Morgan fingerprint density at radius 2 is 1.76 bits per heavy atom. The molecule has 0 saturated heterocycles. The third kappa shape index (κ3) is 2.81. The van der Waals surface area contributed by atoms with Crippen LogP contribution in [0.5, 0.6) is 0 Å². The zero-order valence-corrected chi connectivity index (χ0v) is 14.9. The van der Waals surface area contributed by atoms with Crippen molar-refractivity contribution in [2.24, 2.45) is 35.0 Å². The summed E-state index contributed by atoms with van der Waals surface area (Å²) in [5, 5.41) is 0. The van der Waals surface area contributed by atoms with Crippen molar-refractivity contribution in [2.45, 2.75) is 97.8 Å². The summed E-state index contributed by atoms with van der Waals surface area (Å²) in [6.07, 6.45) is 18.3. The molecule has 0 N–H and O–H groups in total. The molecule has 21 heavy (non-hydrogen) atoms. The van der Waals surface area contributed by atoms with Gasteiger partial charge in [-0.05, 0) is 67.1 Å². The first-order valence-corrected chi connectivity index (χ1v) is 10.2. The molecule has 0 bridgehead atoms. The van der Waals surface area contributed by atoms with Crippen LogP contribution < -0.4 is 0 Å². The first kappa shape index (κ1) is 15.9. The maximum Gasteiger partial charge on any atom is -0.0266 e. The van der Waals surface area contributed by atoms with Gasteiger partial charge in [-0.15, -0.1) is 0 Å². The Hall–Kier alpha value is 0. The van der Waals surface area contributed by atoms with Crippen LogP contribution in [0.2, 0.25) is 0 Å². The van der Waals surface area contributed by atoms with Crippen molar-refractivity contribution in [3.63, 3.8) is 0 Å². The molecule has 0 aromatic rings. The van der Waals surface area contributed by atoms with Gasteiger partial charge in [-0.25, -0.2) is 0 Å². The average Bonchev–Trinajstić information content (AvgIpc) is 2.84. The highest BCUT2D eigenvalue weighted by atomic mass is 14.6. The molecule has 3 rings (SSSR count). The Morgan fingerprint density at radius 3 is 2.52 bits per heavy atom. The second-order valence-corrected chi connectivity index (χ2v) is 8.85. The highest BCUT2D eigenvalue weighted by Crippen LogP contribution is 2.63. The summed E-state index contributed by atoms with van der Waals surface area (Å²) < 4.78 is 0. The van der Waals surface area contributed by atoms with E-state index in [9.17, 15) is 0 Å². The summed E-state index contributed by atoms with van der Waals surface area (Å²) in [5.74, 6) is 5.46. The van der Waals surface area contributed by atoms with E-state index in [1.807, 2.05) is 0 Å². The minimum atomic E-state index is 0.723. The molecule has 122 valence electrons. The molecule has 0 amide bonds. The molecule has 0 aliphatic heterocycles. The standard InChI is InChI=1S/C21H38/c1-4-6-7-9-16-10-8-11-19-18(16)14-15-21(3)17(5-2)12-13-20(19)21/h16-20H,4-15H2,1-3H3. The fraction of sp³-hybridized carbons (Fsp3) is 1.00. The Balaban J connectivity index is 1.68. The molecule has 0 radical (unpaired) electrons.